The van der Waals surface area contributed by atoms with Crippen LogP contribution in [0.25, 0.3) is 0 Å². The van der Waals surface area contributed by atoms with Crippen LogP contribution in [0.1, 0.15) is 32.6 Å². The van der Waals surface area contributed by atoms with Gasteiger partial charge in [-0.15, -0.1) is 0 Å². The minimum atomic E-state index is -3.70. The quantitative estimate of drug-likeness (QED) is 0.549. The van der Waals surface area contributed by atoms with E-state index in [0.29, 0.717) is 13.0 Å². The molecule has 0 aromatic carbocycles. The Kier molecular flexibility index (Phi) is 4.82. The average molecular weight is 257 g/mol. The molecule has 1 aliphatic rings. The molecule has 0 radical (unpaired) electrons. The van der Waals surface area contributed by atoms with Crippen molar-refractivity contribution in [3.05, 3.63) is 0 Å². The highest BCUT2D eigenvalue weighted by Gasteiger charge is 2.37. The summed E-state index contributed by atoms with van der Waals surface area (Å²) in [7, 11) is -3.70. The molecule has 0 aromatic heterocycles. The summed E-state index contributed by atoms with van der Waals surface area (Å²) in [5.41, 5.74) is 0. The predicted molar refractivity (Wildman–Crippen MR) is 61.1 cm³/mol. The fraction of sp³-hybridized carbons (Fsp3) is 0.800. The Morgan fingerprint density at radius 1 is 1.53 bits per heavy atom. The van der Waals surface area contributed by atoms with Gasteiger partial charge in [-0.05, 0) is 25.7 Å². The van der Waals surface area contributed by atoms with Crippen LogP contribution < -0.4 is 0 Å². The first kappa shape index (κ1) is 13.8. The molecule has 1 heterocycles. The Bertz CT molecular complexity index is 448. The van der Waals surface area contributed by atoms with E-state index in [-0.39, 0.29) is 6.42 Å². The van der Waals surface area contributed by atoms with Crippen molar-refractivity contribution in [3.63, 3.8) is 0 Å². The van der Waals surface area contributed by atoms with Crippen molar-refractivity contribution < 1.29 is 13.2 Å². The second kappa shape index (κ2) is 5.92. The standard InChI is InChI=1S/C10H15N3O3S/c1-2-9(7-11)17(15,16)13-6-4-3-5-10(13)12-8-14/h9-10H,2-6H2,1H3. The van der Waals surface area contributed by atoms with Gasteiger partial charge in [-0.3, -0.25) is 0 Å². The molecule has 0 bridgehead atoms. The van der Waals surface area contributed by atoms with Gasteiger partial charge in [0.05, 0.1) is 6.07 Å². The highest BCUT2D eigenvalue weighted by Crippen LogP contribution is 2.24. The maximum Gasteiger partial charge on any atom is 0.236 e. The molecule has 0 spiro atoms. The molecule has 0 aromatic rings. The highest BCUT2D eigenvalue weighted by molar-refractivity contribution is 7.90. The summed E-state index contributed by atoms with van der Waals surface area (Å²) in [5.74, 6) is 0. The number of piperidine rings is 1. The van der Waals surface area contributed by atoms with E-state index in [4.69, 9.17) is 5.26 Å². The van der Waals surface area contributed by atoms with Crippen LogP contribution in [-0.2, 0) is 14.8 Å². The summed E-state index contributed by atoms with van der Waals surface area (Å²) in [4.78, 5) is 13.8. The molecule has 0 aliphatic carbocycles. The molecule has 1 rings (SSSR count). The number of hydrogen-bond donors (Lipinski definition) is 0. The normalized spacial score (nSPS) is 23.4. The van der Waals surface area contributed by atoms with Gasteiger partial charge in [0.25, 0.3) is 0 Å². The van der Waals surface area contributed by atoms with Crippen LogP contribution >= 0.6 is 0 Å². The maximum absolute atomic E-state index is 12.1. The average Bonchev–Trinajstić information content (AvgIpc) is 2.31. The molecule has 0 saturated carbocycles. The molecular weight excluding hydrogens is 242 g/mol. The van der Waals surface area contributed by atoms with Crippen LogP contribution in [0.2, 0.25) is 0 Å². The van der Waals surface area contributed by atoms with Gasteiger partial charge in [0.2, 0.25) is 16.1 Å². The van der Waals surface area contributed by atoms with Gasteiger partial charge in [0.1, 0.15) is 6.17 Å². The molecule has 1 fully saturated rings. The third kappa shape index (κ3) is 2.91. The lowest BCUT2D eigenvalue weighted by atomic mass is 10.1. The van der Waals surface area contributed by atoms with Crippen molar-refractivity contribution in [1.29, 1.82) is 5.26 Å². The fourth-order valence-electron chi connectivity index (χ4n) is 1.91. The van der Waals surface area contributed by atoms with Crippen LogP contribution in [-0.4, -0.2) is 36.8 Å². The molecule has 0 N–H and O–H groups in total. The molecule has 6 nitrogen and oxygen atoms in total. The lowest BCUT2D eigenvalue weighted by Crippen LogP contribution is -2.46. The van der Waals surface area contributed by atoms with E-state index < -0.39 is 21.4 Å². The van der Waals surface area contributed by atoms with E-state index in [1.807, 2.05) is 0 Å². The number of hydrogen-bond acceptors (Lipinski definition) is 5. The summed E-state index contributed by atoms with van der Waals surface area (Å²) >= 11 is 0. The minimum absolute atomic E-state index is 0.229. The number of nitrogens with zero attached hydrogens (tertiary/aromatic N) is 3. The molecule has 17 heavy (non-hydrogen) atoms. The van der Waals surface area contributed by atoms with E-state index in [1.165, 1.54) is 10.4 Å². The Morgan fingerprint density at radius 3 is 2.76 bits per heavy atom. The van der Waals surface area contributed by atoms with E-state index >= 15 is 0 Å². The van der Waals surface area contributed by atoms with Crippen LogP contribution in [0, 0.1) is 11.3 Å². The van der Waals surface area contributed by atoms with Crippen LogP contribution in [0.15, 0.2) is 4.99 Å². The largest absolute Gasteiger partial charge is 0.236 e. The van der Waals surface area contributed by atoms with Crippen molar-refractivity contribution in [1.82, 2.24) is 4.31 Å². The van der Waals surface area contributed by atoms with Crippen molar-refractivity contribution in [2.45, 2.75) is 44.0 Å². The third-order valence-electron chi connectivity index (χ3n) is 2.83. The lowest BCUT2D eigenvalue weighted by Gasteiger charge is -2.32. The zero-order valence-electron chi connectivity index (χ0n) is 9.66. The van der Waals surface area contributed by atoms with Gasteiger partial charge >= 0.3 is 0 Å². The van der Waals surface area contributed by atoms with E-state index in [1.54, 1.807) is 13.0 Å². The van der Waals surface area contributed by atoms with E-state index in [9.17, 15) is 13.2 Å². The Hall–Kier alpha value is -1.22. The number of aliphatic imine (C=N–C) groups is 1. The number of isocyanates is 1. The number of rotatable bonds is 4. The minimum Gasteiger partial charge on any atom is -0.211 e. The van der Waals surface area contributed by atoms with E-state index in [2.05, 4.69) is 4.99 Å². The highest BCUT2D eigenvalue weighted by atomic mass is 32.2. The molecule has 7 heteroatoms. The molecule has 94 valence electrons. The summed E-state index contributed by atoms with van der Waals surface area (Å²) < 4.78 is 25.5. The van der Waals surface area contributed by atoms with E-state index in [0.717, 1.165) is 12.8 Å². The van der Waals surface area contributed by atoms with Crippen molar-refractivity contribution in [3.8, 4) is 6.07 Å². The monoisotopic (exact) mass is 257 g/mol. The van der Waals surface area contributed by atoms with Gasteiger partial charge in [-0.25, -0.2) is 13.2 Å². The molecule has 0 amide bonds. The second-order valence-corrected chi connectivity index (χ2v) is 5.95. The predicted octanol–water partition coefficient (Wildman–Crippen LogP) is 0.766. The first-order valence-corrected chi connectivity index (χ1v) is 7.05. The summed E-state index contributed by atoms with van der Waals surface area (Å²) in [6.07, 6.45) is 3.01. The molecule has 1 aliphatic heterocycles. The Morgan fingerprint density at radius 2 is 2.24 bits per heavy atom. The topological polar surface area (TPSA) is 90.6 Å². The second-order valence-electron chi connectivity index (χ2n) is 3.88. The number of nitriles is 1. The van der Waals surface area contributed by atoms with Gasteiger partial charge in [0.15, 0.2) is 5.25 Å². The molecular formula is C10H15N3O3S. The van der Waals surface area contributed by atoms with Crippen LogP contribution in [0.3, 0.4) is 0 Å². The van der Waals surface area contributed by atoms with Crippen molar-refractivity contribution in [2.75, 3.05) is 6.54 Å². The third-order valence-corrected chi connectivity index (χ3v) is 5.06. The summed E-state index contributed by atoms with van der Waals surface area (Å²) in [5, 5.41) is 7.78. The number of carbonyl (C=O) groups excluding carboxylic acids is 1. The lowest BCUT2D eigenvalue weighted by molar-refractivity contribution is 0.258. The van der Waals surface area contributed by atoms with Gasteiger partial charge < -0.3 is 0 Å². The number of sulfonamides is 1. The first-order chi connectivity index (χ1) is 8.07. The first-order valence-electron chi connectivity index (χ1n) is 5.55. The van der Waals surface area contributed by atoms with Gasteiger partial charge in [-0.1, -0.05) is 6.92 Å². The van der Waals surface area contributed by atoms with Crippen LogP contribution in [0.5, 0.6) is 0 Å². The zero-order chi connectivity index (χ0) is 12.9. The fourth-order valence-corrected chi connectivity index (χ4v) is 3.66. The SMILES string of the molecule is CCC(C#N)S(=O)(=O)N1CCCCC1N=C=O. The Labute approximate surface area is 101 Å². The summed E-state index contributed by atoms with van der Waals surface area (Å²) in [6.45, 7) is 1.96. The molecule has 1 saturated heterocycles. The Balaban J connectivity index is 3.03. The van der Waals surface area contributed by atoms with Crippen molar-refractivity contribution in [2.24, 2.45) is 4.99 Å². The van der Waals surface area contributed by atoms with Crippen LogP contribution in [0.4, 0.5) is 0 Å². The maximum atomic E-state index is 12.1. The zero-order valence-corrected chi connectivity index (χ0v) is 10.5. The smallest absolute Gasteiger partial charge is 0.211 e. The molecule has 2 unspecified atom stereocenters. The van der Waals surface area contributed by atoms with Gasteiger partial charge in [-0.2, -0.15) is 14.6 Å². The molecule has 2 atom stereocenters. The van der Waals surface area contributed by atoms with Crippen molar-refractivity contribution >= 4 is 16.1 Å². The van der Waals surface area contributed by atoms with Gasteiger partial charge in [0, 0.05) is 6.54 Å². The summed E-state index contributed by atoms with van der Waals surface area (Å²) in [6, 6.07) is 1.78.